The molecule has 0 aliphatic carbocycles. The Kier molecular flexibility index (Phi) is 2.59. The fraction of sp³-hybridized carbons (Fsp3) is 0. The molecule has 1 aromatic rings. The molecule has 0 saturated carbocycles. The minimum atomic E-state index is 0.218. The van der Waals surface area contributed by atoms with Gasteiger partial charge in [-0.1, -0.05) is 0 Å². The van der Waals surface area contributed by atoms with Crippen LogP contribution in [0.15, 0.2) is 27.6 Å². The van der Waals surface area contributed by atoms with Crippen molar-refractivity contribution >= 4 is 27.9 Å². The van der Waals surface area contributed by atoms with Crippen LogP contribution in [0.25, 0.3) is 0 Å². The number of halogens is 1. The molecule has 0 bridgehead atoms. The molecule has 0 radical (unpaired) electrons. The van der Waals surface area contributed by atoms with Crippen molar-refractivity contribution in [2.24, 2.45) is 5.14 Å². The molecule has 0 amide bonds. The third-order valence-corrected chi connectivity index (χ3v) is 2.25. The molecule has 0 saturated heterocycles. The first-order chi connectivity index (χ1) is 4.74. The summed E-state index contributed by atoms with van der Waals surface area (Å²) in [6.07, 6.45) is 0. The highest BCUT2D eigenvalue weighted by molar-refractivity contribution is 9.10. The van der Waals surface area contributed by atoms with E-state index in [1.165, 1.54) is 0 Å². The molecular weight excluding hydrogens is 214 g/mol. The molecule has 0 heterocycles. The number of benzene rings is 1. The van der Waals surface area contributed by atoms with Gasteiger partial charge in [-0.25, -0.2) is 0 Å². The summed E-state index contributed by atoms with van der Waals surface area (Å²) in [5.41, 5.74) is 0. The summed E-state index contributed by atoms with van der Waals surface area (Å²) in [5, 5.41) is 14.4. The molecule has 54 valence electrons. The van der Waals surface area contributed by atoms with Gasteiger partial charge in [-0.15, -0.1) is 0 Å². The van der Waals surface area contributed by atoms with Crippen LogP contribution >= 0.6 is 27.9 Å². The predicted octanol–water partition coefficient (Wildman–Crippen LogP) is 2.12. The second-order valence-electron chi connectivity index (χ2n) is 1.73. The monoisotopic (exact) mass is 219 g/mol. The molecule has 0 aliphatic heterocycles. The summed E-state index contributed by atoms with van der Waals surface area (Å²) in [6.45, 7) is 0. The number of hydrogen-bond acceptors (Lipinski definition) is 3. The Labute approximate surface area is 71.7 Å². The summed E-state index contributed by atoms with van der Waals surface area (Å²) in [5.74, 6) is 0.218. The molecule has 4 heteroatoms. The molecule has 0 aliphatic rings. The zero-order valence-corrected chi connectivity index (χ0v) is 7.45. The first-order valence-corrected chi connectivity index (χ1v) is 4.26. The minimum absolute atomic E-state index is 0.218. The number of nitrogens with two attached hydrogens (primary N) is 1. The van der Waals surface area contributed by atoms with E-state index in [1.54, 1.807) is 12.1 Å². The van der Waals surface area contributed by atoms with Gasteiger partial charge in [0.15, 0.2) is 0 Å². The maximum Gasteiger partial charge on any atom is 0.130 e. The summed E-state index contributed by atoms with van der Waals surface area (Å²) < 4.78 is 0.685. The van der Waals surface area contributed by atoms with Crippen LogP contribution in [0.5, 0.6) is 5.75 Å². The highest BCUT2D eigenvalue weighted by atomic mass is 79.9. The molecular formula is C6H6BrNOS. The van der Waals surface area contributed by atoms with Gasteiger partial charge in [0.05, 0.1) is 4.47 Å². The van der Waals surface area contributed by atoms with Gasteiger partial charge >= 0.3 is 0 Å². The van der Waals surface area contributed by atoms with Crippen LogP contribution in [0.2, 0.25) is 0 Å². The summed E-state index contributed by atoms with van der Waals surface area (Å²) >= 11 is 4.27. The van der Waals surface area contributed by atoms with Gasteiger partial charge < -0.3 is 5.11 Å². The summed E-state index contributed by atoms with van der Waals surface area (Å²) in [4.78, 5) is 0.848. The van der Waals surface area contributed by atoms with E-state index in [1.807, 2.05) is 6.07 Å². The predicted molar refractivity (Wildman–Crippen MR) is 45.9 cm³/mol. The van der Waals surface area contributed by atoms with Crippen molar-refractivity contribution in [3.63, 3.8) is 0 Å². The molecule has 0 fully saturated rings. The van der Waals surface area contributed by atoms with Crippen molar-refractivity contribution in [2.45, 2.75) is 4.90 Å². The number of rotatable bonds is 1. The molecule has 1 rings (SSSR count). The van der Waals surface area contributed by atoms with Gasteiger partial charge in [-0.05, 0) is 46.1 Å². The van der Waals surface area contributed by atoms with E-state index < -0.39 is 0 Å². The number of aromatic hydroxyl groups is 1. The van der Waals surface area contributed by atoms with Crippen molar-refractivity contribution in [2.75, 3.05) is 0 Å². The molecule has 10 heavy (non-hydrogen) atoms. The Hall–Kier alpha value is -0.190. The highest BCUT2D eigenvalue weighted by Gasteiger charge is 1.97. The van der Waals surface area contributed by atoms with Crippen LogP contribution in [0.4, 0.5) is 0 Å². The van der Waals surface area contributed by atoms with Gasteiger partial charge in [-0.3, -0.25) is 5.14 Å². The van der Waals surface area contributed by atoms with Crippen LogP contribution in [0.3, 0.4) is 0 Å². The van der Waals surface area contributed by atoms with E-state index in [0.29, 0.717) is 4.47 Å². The second kappa shape index (κ2) is 3.27. The maximum atomic E-state index is 9.12. The van der Waals surface area contributed by atoms with Gasteiger partial charge in [0.2, 0.25) is 0 Å². The first kappa shape index (κ1) is 7.91. The lowest BCUT2D eigenvalue weighted by molar-refractivity contribution is 0.470. The number of phenols is 1. The van der Waals surface area contributed by atoms with E-state index in [0.717, 1.165) is 16.8 Å². The quantitative estimate of drug-likeness (QED) is 0.712. The zero-order chi connectivity index (χ0) is 7.56. The third kappa shape index (κ3) is 1.65. The largest absolute Gasteiger partial charge is 0.507 e. The van der Waals surface area contributed by atoms with E-state index >= 15 is 0 Å². The van der Waals surface area contributed by atoms with Crippen molar-refractivity contribution in [3.05, 3.63) is 22.7 Å². The Morgan fingerprint density at radius 3 is 2.70 bits per heavy atom. The van der Waals surface area contributed by atoms with Crippen LogP contribution < -0.4 is 5.14 Å². The molecule has 0 spiro atoms. The van der Waals surface area contributed by atoms with Gasteiger partial charge in [0.1, 0.15) is 5.75 Å². The summed E-state index contributed by atoms with van der Waals surface area (Å²) in [6, 6.07) is 5.19. The van der Waals surface area contributed by atoms with Crippen LogP contribution in [-0.4, -0.2) is 5.11 Å². The van der Waals surface area contributed by atoms with Crippen molar-refractivity contribution in [3.8, 4) is 5.75 Å². The number of hydrogen-bond donors (Lipinski definition) is 2. The lowest BCUT2D eigenvalue weighted by atomic mass is 10.3. The van der Waals surface area contributed by atoms with E-state index in [9.17, 15) is 0 Å². The topological polar surface area (TPSA) is 46.2 Å². The van der Waals surface area contributed by atoms with Crippen LogP contribution in [-0.2, 0) is 0 Å². The lowest BCUT2D eigenvalue weighted by Crippen LogP contribution is -1.78. The van der Waals surface area contributed by atoms with Gasteiger partial charge in [0, 0.05) is 4.90 Å². The summed E-state index contributed by atoms with van der Waals surface area (Å²) in [7, 11) is 0. The van der Waals surface area contributed by atoms with Crippen LogP contribution in [0.1, 0.15) is 0 Å². The first-order valence-electron chi connectivity index (χ1n) is 2.59. The van der Waals surface area contributed by atoms with Crippen molar-refractivity contribution in [1.29, 1.82) is 0 Å². The minimum Gasteiger partial charge on any atom is -0.507 e. The Morgan fingerprint density at radius 2 is 2.20 bits per heavy atom. The van der Waals surface area contributed by atoms with Crippen molar-refractivity contribution in [1.82, 2.24) is 0 Å². The molecule has 0 aromatic heterocycles. The Bertz CT molecular complexity index is 241. The molecule has 2 nitrogen and oxygen atoms in total. The second-order valence-corrected chi connectivity index (χ2v) is 3.29. The van der Waals surface area contributed by atoms with E-state index in [-0.39, 0.29) is 5.75 Å². The van der Waals surface area contributed by atoms with Crippen LogP contribution in [0, 0.1) is 0 Å². The third-order valence-electron chi connectivity index (χ3n) is 1.05. The normalized spacial score (nSPS) is 9.80. The smallest absolute Gasteiger partial charge is 0.130 e. The molecule has 3 N–H and O–H groups in total. The van der Waals surface area contributed by atoms with E-state index in [2.05, 4.69) is 15.9 Å². The average Bonchev–Trinajstić information content (AvgIpc) is 1.95. The standard InChI is InChI=1S/C6H6BrNOS/c7-5-2-1-4(10-8)3-6(5)9/h1-3,9H,8H2. The molecule has 0 atom stereocenters. The van der Waals surface area contributed by atoms with Crippen molar-refractivity contribution < 1.29 is 5.11 Å². The fourth-order valence-electron chi connectivity index (χ4n) is 0.566. The lowest BCUT2D eigenvalue weighted by Gasteiger charge is -1.97. The zero-order valence-electron chi connectivity index (χ0n) is 5.04. The highest BCUT2D eigenvalue weighted by Crippen LogP contribution is 2.26. The Balaban J connectivity index is 3.04. The average molecular weight is 220 g/mol. The number of phenolic OH excluding ortho intramolecular Hbond substituents is 1. The van der Waals surface area contributed by atoms with Gasteiger partial charge in [0.25, 0.3) is 0 Å². The SMILES string of the molecule is NSc1ccc(Br)c(O)c1. The molecule has 1 aromatic carbocycles. The van der Waals surface area contributed by atoms with Gasteiger partial charge in [-0.2, -0.15) is 0 Å². The Morgan fingerprint density at radius 1 is 1.50 bits per heavy atom. The fourth-order valence-corrected chi connectivity index (χ4v) is 1.14. The van der Waals surface area contributed by atoms with E-state index in [4.69, 9.17) is 10.2 Å². The molecule has 0 unspecified atom stereocenters. The maximum absolute atomic E-state index is 9.12.